The Kier molecular flexibility index (Phi) is 12.2. The maximum atomic E-state index is 12.6. The second-order valence-corrected chi connectivity index (χ2v) is 7.70. The number of carboxylic acids is 1. The highest BCUT2D eigenvalue weighted by Gasteiger charge is 2.31. The van der Waals surface area contributed by atoms with Crippen LogP contribution >= 0.6 is 25.3 Å². The van der Waals surface area contributed by atoms with Gasteiger partial charge in [-0.2, -0.15) is 25.3 Å². The topological polar surface area (TPSA) is 151 Å². The van der Waals surface area contributed by atoms with Gasteiger partial charge in [-0.3, -0.25) is 14.4 Å². The van der Waals surface area contributed by atoms with Crippen LogP contribution in [0, 0.1) is 11.8 Å². The molecule has 0 aromatic rings. The SMILES string of the molecule is CCC(C)C(N)C(=O)NC(CS)C(=O)NC(C(=O)NC(CS)C(=O)O)C(C)C. The molecule has 0 saturated carbocycles. The average Bonchev–Trinajstić information content (AvgIpc) is 2.65. The molecule has 0 aromatic carbocycles. The van der Waals surface area contributed by atoms with E-state index in [0.717, 1.165) is 0 Å². The number of hydrogen-bond acceptors (Lipinski definition) is 7. The maximum Gasteiger partial charge on any atom is 0.327 e. The molecule has 3 amide bonds. The summed E-state index contributed by atoms with van der Waals surface area (Å²) in [6.07, 6.45) is 0.706. The Morgan fingerprint density at radius 3 is 1.79 bits per heavy atom. The quantitative estimate of drug-likeness (QED) is 0.203. The molecule has 0 saturated heterocycles. The third-order valence-corrected chi connectivity index (χ3v) is 5.15. The van der Waals surface area contributed by atoms with Crippen molar-refractivity contribution in [3.05, 3.63) is 0 Å². The van der Waals surface area contributed by atoms with E-state index in [0.29, 0.717) is 6.42 Å². The van der Waals surface area contributed by atoms with Crippen molar-refractivity contribution in [1.82, 2.24) is 16.0 Å². The summed E-state index contributed by atoms with van der Waals surface area (Å²) in [6.45, 7) is 7.14. The first-order chi connectivity index (χ1) is 13.0. The number of aliphatic carboxylic acids is 1. The summed E-state index contributed by atoms with van der Waals surface area (Å²) in [7, 11) is 0. The van der Waals surface area contributed by atoms with Gasteiger partial charge in [0, 0.05) is 11.5 Å². The second kappa shape index (κ2) is 12.9. The van der Waals surface area contributed by atoms with Gasteiger partial charge < -0.3 is 26.8 Å². The Bertz CT molecular complexity index is 562. The Hall–Kier alpha value is -1.46. The van der Waals surface area contributed by atoms with E-state index in [2.05, 4.69) is 41.2 Å². The van der Waals surface area contributed by atoms with Crippen molar-refractivity contribution in [3.63, 3.8) is 0 Å². The molecule has 0 radical (unpaired) electrons. The molecule has 6 N–H and O–H groups in total. The second-order valence-electron chi connectivity index (χ2n) is 6.97. The molecule has 0 bridgehead atoms. The van der Waals surface area contributed by atoms with E-state index in [1.165, 1.54) is 0 Å². The molecule has 0 aliphatic rings. The first-order valence-corrected chi connectivity index (χ1v) is 10.4. The maximum absolute atomic E-state index is 12.6. The van der Waals surface area contributed by atoms with Crippen LogP contribution in [-0.2, 0) is 19.2 Å². The molecule has 0 aromatic heterocycles. The zero-order chi connectivity index (χ0) is 22.0. The number of hydrogen-bond donors (Lipinski definition) is 7. The number of carbonyl (C=O) groups is 4. The van der Waals surface area contributed by atoms with E-state index < -0.39 is 47.9 Å². The molecule has 0 spiro atoms. The van der Waals surface area contributed by atoms with Crippen molar-refractivity contribution >= 4 is 48.9 Å². The Labute approximate surface area is 176 Å². The fourth-order valence-corrected chi connectivity index (χ4v) is 2.71. The van der Waals surface area contributed by atoms with Crippen LogP contribution < -0.4 is 21.7 Å². The molecule has 5 unspecified atom stereocenters. The van der Waals surface area contributed by atoms with E-state index in [1.807, 2.05) is 13.8 Å². The number of carboxylic acid groups (broad SMARTS) is 1. The summed E-state index contributed by atoms with van der Waals surface area (Å²) in [5.41, 5.74) is 5.87. The van der Waals surface area contributed by atoms with E-state index in [-0.39, 0.29) is 23.3 Å². The van der Waals surface area contributed by atoms with Crippen molar-refractivity contribution in [2.75, 3.05) is 11.5 Å². The van der Waals surface area contributed by atoms with Crippen molar-refractivity contribution in [1.29, 1.82) is 0 Å². The van der Waals surface area contributed by atoms with Gasteiger partial charge in [0.1, 0.15) is 18.1 Å². The minimum Gasteiger partial charge on any atom is -0.480 e. The van der Waals surface area contributed by atoms with Crippen LogP contribution in [0.3, 0.4) is 0 Å². The fourth-order valence-electron chi connectivity index (χ4n) is 2.21. The smallest absolute Gasteiger partial charge is 0.327 e. The van der Waals surface area contributed by atoms with Crippen molar-refractivity contribution in [2.45, 2.75) is 58.3 Å². The van der Waals surface area contributed by atoms with Crippen molar-refractivity contribution < 1.29 is 24.3 Å². The lowest BCUT2D eigenvalue weighted by molar-refractivity contribution is -0.142. The highest BCUT2D eigenvalue weighted by molar-refractivity contribution is 7.80. The largest absolute Gasteiger partial charge is 0.480 e. The van der Waals surface area contributed by atoms with E-state index in [9.17, 15) is 19.2 Å². The summed E-state index contributed by atoms with van der Waals surface area (Å²) in [6, 6.07) is -3.92. The lowest BCUT2D eigenvalue weighted by Gasteiger charge is -2.27. The molecular formula is C17H32N4O5S2. The van der Waals surface area contributed by atoms with Crippen molar-refractivity contribution in [2.24, 2.45) is 17.6 Å². The van der Waals surface area contributed by atoms with Gasteiger partial charge in [-0.05, 0) is 11.8 Å². The summed E-state index contributed by atoms with van der Waals surface area (Å²) >= 11 is 7.99. The summed E-state index contributed by atoms with van der Waals surface area (Å²) in [5, 5.41) is 16.5. The summed E-state index contributed by atoms with van der Waals surface area (Å²) in [5.74, 6) is -3.43. The van der Waals surface area contributed by atoms with Crippen LogP contribution in [0.5, 0.6) is 0 Å². The first kappa shape index (κ1) is 26.5. The predicted molar refractivity (Wildman–Crippen MR) is 113 cm³/mol. The molecule has 0 aliphatic carbocycles. The number of rotatable bonds is 12. The molecule has 11 heteroatoms. The number of carbonyl (C=O) groups excluding carboxylic acids is 3. The fraction of sp³-hybridized carbons (Fsp3) is 0.765. The van der Waals surface area contributed by atoms with Gasteiger partial charge in [0.25, 0.3) is 0 Å². The third kappa shape index (κ3) is 8.27. The molecular weight excluding hydrogens is 404 g/mol. The lowest BCUT2D eigenvalue weighted by Crippen LogP contribution is -2.59. The average molecular weight is 437 g/mol. The molecule has 0 aliphatic heterocycles. The Balaban J connectivity index is 5.12. The van der Waals surface area contributed by atoms with Gasteiger partial charge in [0.2, 0.25) is 17.7 Å². The van der Waals surface area contributed by atoms with Gasteiger partial charge in [0.05, 0.1) is 6.04 Å². The number of amides is 3. The molecule has 0 heterocycles. The summed E-state index contributed by atoms with van der Waals surface area (Å²) in [4.78, 5) is 48.3. The van der Waals surface area contributed by atoms with Crippen LogP contribution in [0.2, 0.25) is 0 Å². The van der Waals surface area contributed by atoms with Gasteiger partial charge in [-0.1, -0.05) is 34.1 Å². The molecule has 5 atom stereocenters. The van der Waals surface area contributed by atoms with Crippen LogP contribution in [0.4, 0.5) is 0 Å². The third-order valence-electron chi connectivity index (χ3n) is 4.42. The van der Waals surface area contributed by atoms with Crippen LogP contribution in [0.1, 0.15) is 34.1 Å². The highest BCUT2D eigenvalue weighted by Crippen LogP contribution is 2.07. The zero-order valence-electron chi connectivity index (χ0n) is 16.6. The highest BCUT2D eigenvalue weighted by atomic mass is 32.1. The molecule has 9 nitrogen and oxygen atoms in total. The number of nitrogens with one attached hydrogen (secondary N) is 3. The van der Waals surface area contributed by atoms with E-state index in [4.69, 9.17) is 10.8 Å². The van der Waals surface area contributed by atoms with E-state index >= 15 is 0 Å². The number of nitrogens with two attached hydrogens (primary N) is 1. The van der Waals surface area contributed by atoms with Gasteiger partial charge in [0.15, 0.2) is 0 Å². The normalized spacial score (nSPS) is 16.4. The first-order valence-electron chi connectivity index (χ1n) is 9.11. The van der Waals surface area contributed by atoms with Gasteiger partial charge in [-0.25, -0.2) is 4.79 Å². The van der Waals surface area contributed by atoms with Gasteiger partial charge in [-0.15, -0.1) is 0 Å². The van der Waals surface area contributed by atoms with Crippen LogP contribution in [-0.4, -0.2) is 64.5 Å². The van der Waals surface area contributed by atoms with Gasteiger partial charge >= 0.3 is 5.97 Å². The zero-order valence-corrected chi connectivity index (χ0v) is 18.4. The lowest BCUT2D eigenvalue weighted by atomic mass is 9.99. The Morgan fingerprint density at radius 2 is 1.39 bits per heavy atom. The summed E-state index contributed by atoms with van der Waals surface area (Å²) < 4.78 is 0. The van der Waals surface area contributed by atoms with E-state index in [1.54, 1.807) is 13.8 Å². The molecule has 0 fully saturated rings. The number of thiol groups is 2. The van der Waals surface area contributed by atoms with Crippen LogP contribution in [0.25, 0.3) is 0 Å². The minimum absolute atomic E-state index is 0.00558. The van der Waals surface area contributed by atoms with Crippen LogP contribution in [0.15, 0.2) is 0 Å². The molecule has 162 valence electrons. The standard InChI is InChI=1S/C17H32N4O5S2/c1-5-9(4)12(18)15(23)19-10(6-27)14(22)21-13(8(2)3)16(24)20-11(7-28)17(25)26/h8-13,27-28H,5-7,18H2,1-4H3,(H,19,23)(H,20,24)(H,21,22)(H,25,26). The molecule has 28 heavy (non-hydrogen) atoms. The van der Waals surface area contributed by atoms with Crippen molar-refractivity contribution in [3.8, 4) is 0 Å². The Morgan fingerprint density at radius 1 is 0.893 bits per heavy atom. The predicted octanol–water partition coefficient (Wildman–Crippen LogP) is -0.586. The monoisotopic (exact) mass is 436 g/mol. The molecule has 0 rings (SSSR count). The minimum atomic E-state index is -1.23.